The molecule has 0 fully saturated rings. The zero-order chi connectivity index (χ0) is 18.8. The van der Waals surface area contributed by atoms with Crippen molar-refractivity contribution in [3.8, 4) is 45.6 Å². The molecule has 0 saturated carbocycles. The van der Waals surface area contributed by atoms with Crippen molar-refractivity contribution in [2.75, 3.05) is 0 Å². The molecule has 0 saturated heterocycles. The molecule has 134 valence electrons. The van der Waals surface area contributed by atoms with E-state index in [2.05, 4.69) is 29.9 Å². The molecule has 0 aliphatic heterocycles. The third kappa shape index (κ3) is 3.07. The summed E-state index contributed by atoms with van der Waals surface area (Å²) < 4.78 is 0. The van der Waals surface area contributed by atoms with E-state index in [1.807, 2.05) is 60.7 Å². The summed E-state index contributed by atoms with van der Waals surface area (Å²) in [4.78, 5) is 24.3. The second-order valence-electron chi connectivity index (χ2n) is 6.30. The number of rotatable bonds is 4. The Labute approximate surface area is 161 Å². The molecule has 5 rings (SSSR count). The van der Waals surface area contributed by atoms with Gasteiger partial charge in [-0.15, -0.1) is 0 Å². The summed E-state index contributed by atoms with van der Waals surface area (Å²) in [5.41, 5.74) is 5.53. The number of hydrogen-bond acceptors (Lipinski definition) is 4. The molecule has 2 N–H and O–H groups in total. The summed E-state index contributed by atoms with van der Waals surface area (Å²) in [6, 6.07) is 19.7. The van der Waals surface area contributed by atoms with E-state index in [9.17, 15) is 0 Å². The molecular formula is C22H16N6. The van der Waals surface area contributed by atoms with Crippen molar-refractivity contribution in [1.29, 1.82) is 0 Å². The Morgan fingerprint density at radius 2 is 0.964 bits per heavy atom. The standard InChI is InChI=1S/C22H16N6/c1-3-11-23-17(5-1)19-13-25-21(27-19)15-7-9-16(10-8-15)22-26-14-20(28-22)18-6-2-4-12-24-18/h1-14H,(H,25,27)(H,26,28). The lowest BCUT2D eigenvalue weighted by atomic mass is 10.1. The molecule has 4 aromatic heterocycles. The van der Waals surface area contributed by atoms with Crippen molar-refractivity contribution in [3.05, 3.63) is 85.5 Å². The number of imidazole rings is 2. The molecule has 28 heavy (non-hydrogen) atoms. The topological polar surface area (TPSA) is 83.1 Å². The van der Waals surface area contributed by atoms with Gasteiger partial charge in [0.1, 0.15) is 11.6 Å². The molecule has 4 heterocycles. The highest BCUT2D eigenvalue weighted by molar-refractivity contribution is 5.67. The monoisotopic (exact) mass is 364 g/mol. The van der Waals surface area contributed by atoms with E-state index in [4.69, 9.17) is 0 Å². The molecule has 6 nitrogen and oxygen atoms in total. The lowest BCUT2D eigenvalue weighted by Crippen LogP contribution is -1.85. The Bertz CT molecular complexity index is 1090. The fraction of sp³-hybridized carbons (Fsp3) is 0. The van der Waals surface area contributed by atoms with Crippen molar-refractivity contribution in [3.63, 3.8) is 0 Å². The van der Waals surface area contributed by atoms with E-state index in [-0.39, 0.29) is 0 Å². The van der Waals surface area contributed by atoms with Crippen LogP contribution in [0.25, 0.3) is 45.6 Å². The van der Waals surface area contributed by atoms with Gasteiger partial charge in [-0.3, -0.25) is 9.97 Å². The van der Waals surface area contributed by atoms with Gasteiger partial charge in [-0.05, 0) is 24.3 Å². The molecule has 6 heteroatoms. The first kappa shape index (κ1) is 16.1. The Hall–Kier alpha value is -4.06. The van der Waals surface area contributed by atoms with Gasteiger partial charge >= 0.3 is 0 Å². The van der Waals surface area contributed by atoms with Crippen LogP contribution in [0, 0.1) is 0 Å². The number of pyridine rings is 2. The van der Waals surface area contributed by atoms with Crippen molar-refractivity contribution >= 4 is 0 Å². The highest BCUT2D eigenvalue weighted by Gasteiger charge is 2.09. The van der Waals surface area contributed by atoms with Gasteiger partial charge in [0.25, 0.3) is 0 Å². The number of benzene rings is 1. The summed E-state index contributed by atoms with van der Waals surface area (Å²) in [5, 5.41) is 0. The van der Waals surface area contributed by atoms with Crippen LogP contribution in [0.1, 0.15) is 0 Å². The van der Waals surface area contributed by atoms with Crippen LogP contribution in [0.4, 0.5) is 0 Å². The predicted molar refractivity (Wildman–Crippen MR) is 108 cm³/mol. The average molecular weight is 364 g/mol. The molecule has 1 aromatic carbocycles. The predicted octanol–water partition coefficient (Wildman–Crippen LogP) is 4.59. The van der Waals surface area contributed by atoms with Crippen LogP contribution in [-0.4, -0.2) is 29.9 Å². The van der Waals surface area contributed by atoms with Crippen LogP contribution in [0.3, 0.4) is 0 Å². The summed E-state index contributed by atoms with van der Waals surface area (Å²) >= 11 is 0. The van der Waals surface area contributed by atoms with Crippen LogP contribution >= 0.6 is 0 Å². The highest BCUT2D eigenvalue weighted by atomic mass is 14.9. The summed E-state index contributed by atoms with van der Waals surface area (Å²) in [6.45, 7) is 0. The summed E-state index contributed by atoms with van der Waals surface area (Å²) in [5.74, 6) is 1.61. The SMILES string of the molecule is c1ccc(-c2cnc(-c3ccc(-c4ncc(-c5ccccn5)[nH]4)cc3)[nH]2)nc1. The minimum Gasteiger partial charge on any atom is -0.337 e. The second kappa shape index (κ2) is 6.92. The second-order valence-corrected chi connectivity index (χ2v) is 6.30. The van der Waals surface area contributed by atoms with Crippen LogP contribution in [0.5, 0.6) is 0 Å². The van der Waals surface area contributed by atoms with Crippen LogP contribution in [-0.2, 0) is 0 Å². The van der Waals surface area contributed by atoms with Gasteiger partial charge in [-0.2, -0.15) is 0 Å². The van der Waals surface area contributed by atoms with E-state index in [1.165, 1.54) is 0 Å². The Kier molecular flexibility index (Phi) is 3.99. The first-order valence-electron chi connectivity index (χ1n) is 8.90. The molecule has 0 aliphatic rings. The fourth-order valence-electron chi connectivity index (χ4n) is 3.03. The van der Waals surface area contributed by atoms with Gasteiger partial charge in [0.15, 0.2) is 0 Å². The number of nitrogens with zero attached hydrogens (tertiary/aromatic N) is 4. The van der Waals surface area contributed by atoms with Gasteiger partial charge < -0.3 is 9.97 Å². The lowest BCUT2D eigenvalue weighted by molar-refractivity contribution is 1.26. The molecule has 0 radical (unpaired) electrons. The maximum absolute atomic E-state index is 4.48. The zero-order valence-electron chi connectivity index (χ0n) is 14.9. The van der Waals surface area contributed by atoms with E-state index in [0.717, 1.165) is 45.6 Å². The molecule has 0 amide bonds. The van der Waals surface area contributed by atoms with Gasteiger partial charge in [0.2, 0.25) is 0 Å². The van der Waals surface area contributed by atoms with Crippen LogP contribution < -0.4 is 0 Å². The average Bonchev–Trinajstić information content (AvgIpc) is 3.46. The lowest BCUT2D eigenvalue weighted by Gasteiger charge is -2.01. The van der Waals surface area contributed by atoms with Gasteiger partial charge in [-0.1, -0.05) is 36.4 Å². The smallest absolute Gasteiger partial charge is 0.137 e. The number of nitrogens with one attached hydrogen (secondary N) is 2. The zero-order valence-corrected chi connectivity index (χ0v) is 14.9. The normalized spacial score (nSPS) is 10.9. The third-order valence-corrected chi connectivity index (χ3v) is 4.47. The summed E-state index contributed by atoms with van der Waals surface area (Å²) in [7, 11) is 0. The van der Waals surface area contributed by atoms with E-state index in [0.29, 0.717) is 0 Å². The molecular weight excluding hydrogens is 348 g/mol. The molecule has 0 spiro atoms. The minimum atomic E-state index is 0.806. The van der Waals surface area contributed by atoms with Crippen molar-refractivity contribution in [2.45, 2.75) is 0 Å². The third-order valence-electron chi connectivity index (χ3n) is 4.47. The highest BCUT2D eigenvalue weighted by Crippen LogP contribution is 2.25. The first-order valence-corrected chi connectivity index (χ1v) is 8.90. The van der Waals surface area contributed by atoms with Gasteiger partial charge in [0, 0.05) is 23.5 Å². The van der Waals surface area contributed by atoms with Crippen LogP contribution in [0.15, 0.2) is 85.5 Å². The molecule has 0 aliphatic carbocycles. The number of aromatic nitrogens is 6. The van der Waals surface area contributed by atoms with E-state index in [1.54, 1.807) is 24.8 Å². The van der Waals surface area contributed by atoms with Crippen molar-refractivity contribution in [1.82, 2.24) is 29.9 Å². The van der Waals surface area contributed by atoms with Crippen LogP contribution in [0.2, 0.25) is 0 Å². The molecule has 5 aromatic rings. The number of aromatic amines is 2. The fourth-order valence-corrected chi connectivity index (χ4v) is 3.03. The van der Waals surface area contributed by atoms with Gasteiger partial charge in [-0.25, -0.2) is 9.97 Å². The molecule has 0 atom stereocenters. The maximum Gasteiger partial charge on any atom is 0.137 e. The Morgan fingerprint density at radius 3 is 1.36 bits per heavy atom. The minimum absolute atomic E-state index is 0.806. The van der Waals surface area contributed by atoms with Crippen molar-refractivity contribution in [2.24, 2.45) is 0 Å². The number of H-pyrrole nitrogens is 2. The van der Waals surface area contributed by atoms with Gasteiger partial charge in [0.05, 0.1) is 35.2 Å². The summed E-state index contributed by atoms with van der Waals surface area (Å²) in [6.07, 6.45) is 7.15. The van der Waals surface area contributed by atoms with E-state index < -0.39 is 0 Å². The largest absolute Gasteiger partial charge is 0.337 e. The molecule has 0 bridgehead atoms. The Morgan fingerprint density at radius 1 is 0.500 bits per heavy atom. The Balaban J connectivity index is 1.40. The first-order chi connectivity index (χ1) is 13.9. The maximum atomic E-state index is 4.48. The molecule has 0 unspecified atom stereocenters. The van der Waals surface area contributed by atoms with E-state index >= 15 is 0 Å². The number of hydrogen-bond donors (Lipinski definition) is 2. The van der Waals surface area contributed by atoms with Crippen molar-refractivity contribution < 1.29 is 0 Å². The quantitative estimate of drug-likeness (QED) is 0.488.